The number of anilines is 1. The van der Waals surface area contributed by atoms with E-state index in [4.69, 9.17) is 0 Å². The third kappa shape index (κ3) is 2.05. The number of hydrogen-bond acceptors (Lipinski definition) is 2. The van der Waals surface area contributed by atoms with Crippen LogP contribution in [0.15, 0.2) is 42.5 Å². The average molecular weight is 243 g/mol. The third-order valence-corrected chi connectivity index (χ3v) is 2.84. The first-order valence-electron chi connectivity index (χ1n) is 5.60. The first kappa shape index (κ1) is 12.1. The van der Waals surface area contributed by atoms with Gasteiger partial charge in [-0.1, -0.05) is 36.4 Å². The van der Waals surface area contributed by atoms with Crippen LogP contribution in [0.3, 0.4) is 0 Å². The van der Waals surface area contributed by atoms with Crippen LogP contribution in [0.1, 0.15) is 6.92 Å². The molecule has 18 heavy (non-hydrogen) atoms. The van der Waals surface area contributed by atoms with Gasteiger partial charge in [0.2, 0.25) is 0 Å². The predicted molar refractivity (Wildman–Crippen MR) is 70.0 cm³/mol. The Morgan fingerprint density at radius 3 is 2.56 bits per heavy atom. The first-order chi connectivity index (χ1) is 8.65. The summed E-state index contributed by atoms with van der Waals surface area (Å²) in [4.78, 5) is 23.2. The lowest BCUT2D eigenvalue weighted by atomic mass is 10.1. The summed E-state index contributed by atoms with van der Waals surface area (Å²) in [6, 6.07) is 12.2. The molecule has 1 atom stereocenters. The molecule has 0 aliphatic carbocycles. The van der Waals surface area contributed by atoms with Crippen molar-refractivity contribution >= 4 is 28.8 Å². The number of carbonyl (C=O) groups excluding carboxylic acids is 1. The number of aldehydes is 1. The van der Waals surface area contributed by atoms with Gasteiger partial charge in [-0.3, -0.25) is 4.90 Å². The molecule has 1 N–H and O–H groups in total. The molecule has 0 heterocycles. The molecule has 0 aromatic heterocycles. The van der Waals surface area contributed by atoms with Crippen molar-refractivity contribution in [2.75, 3.05) is 4.90 Å². The standard InChI is InChI=1S/C14H13NO3/c1-10(9-16)15(14(17)18)13-8-4-6-11-5-2-3-7-12(11)13/h2-10H,1H3,(H,17,18). The lowest BCUT2D eigenvalue weighted by Gasteiger charge is -2.23. The van der Waals surface area contributed by atoms with Crippen molar-refractivity contribution in [3.8, 4) is 0 Å². The molecule has 2 aromatic carbocycles. The minimum absolute atomic E-state index is 0.528. The van der Waals surface area contributed by atoms with Crippen molar-refractivity contribution in [3.05, 3.63) is 42.5 Å². The molecule has 0 saturated carbocycles. The second-order valence-electron chi connectivity index (χ2n) is 4.03. The van der Waals surface area contributed by atoms with E-state index in [1.54, 1.807) is 19.1 Å². The van der Waals surface area contributed by atoms with Gasteiger partial charge in [-0.2, -0.15) is 0 Å². The van der Waals surface area contributed by atoms with Gasteiger partial charge in [0.15, 0.2) is 0 Å². The first-order valence-corrected chi connectivity index (χ1v) is 5.60. The highest BCUT2D eigenvalue weighted by Gasteiger charge is 2.22. The van der Waals surface area contributed by atoms with Gasteiger partial charge >= 0.3 is 6.09 Å². The van der Waals surface area contributed by atoms with Crippen LogP contribution in [0, 0.1) is 0 Å². The van der Waals surface area contributed by atoms with E-state index >= 15 is 0 Å². The lowest BCUT2D eigenvalue weighted by molar-refractivity contribution is -0.108. The summed E-state index contributed by atoms with van der Waals surface area (Å²) in [5.74, 6) is 0. The third-order valence-electron chi connectivity index (χ3n) is 2.84. The Kier molecular flexibility index (Phi) is 3.28. The number of rotatable bonds is 3. The maximum absolute atomic E-state index is 11.3. The fraction of sp³-hybridized carbons (Fsp3) is 0.143. The predicted octanol–water partition coefficient (Wildman–Crippen LogP) is 2.91. The smallest absolute Gasteiger partial charge is 0.412 e. The summed E-state index contributed by atoms with van der Waals surface area (Å²) < 4.78 is 0. The minimum Gasteiger partial charge on any atom is -0.465 e. The zero-order chi connectivity index (χ0) is 13.1. The number of carboxylic acid groups (broad SMARTS) is 1. The Labute approximate surface area is 104 Å². The van der Waals surface area contributed by atoms with E-state index in [1.807, 2.05) is 30.3 Å². The zero-order valence-corrected chi connectivity index (χ0v) is 9.91. The molecule has 2 aromatic rings. The van der Waals surface area contributed by atoms with Crippen LogP contribution in [-0.4, -0.2) is 23.5 Å². The second-order valence-corrected chi connectivity index (χ2v) is 4.03. The van der Waals surface area contributed by atoms with E-state index < -0.39 is 12.1 Å². The number of fused-ring (bicyclic) bond motifs is 1. The second kappa shape index (κ2) is 4.87. The quantitative estimate of drug-likeness (QED) is 0.843. The molecule has 92 valence electrons. The Hall–Kier alpha value is -2.36. The highest BCUT2D eigenvalue weighted by molar-refractivity contribution is 6.02. The van der Waals surface area contributed by atoms with Crippen molar-refractivity contribution in [2.45, 2.75) is 13.0 Å². The summed E-state index contributed by atoms with van der Waals surface area (Å²) >= 11 is 0. The number of amides is 1. The van der Waals surface area contributed by atoms with Crippen LogP contribution in [0.25, 0.3) is 10.8 Å². The summed E-state index contributed by atoms with van der Waals surface area (Å²) in [7, 11) is 0. The van der Waals surface area contributed by atoms with Crippen LogP contribution in [0.4, 0.5) is 10.5 Å². The zero-order valence-electron chi connectivity index (χ0n) is 9.91. The van der Waals surface area contributed by atoms with Crippen molar-refractivity contribution in [1.82, 2.24) is 0 Å². The van der Waals surface area contributed by atoms with Gasteiger partial charge in [0.1, 0.15) is 6.29 Å². The number of hydrogen-bond donors (Lipinski definition) is 1. The lowest BCUT2D eigenvalue weighted by Crippen LogP contribution is -2.38. The molecular formula is C14H13NO3. The van der Waals surface area contributed by atoms with Crippen LogP contribution < -0.4 is 4.90 Å². The van der Waals surface area contributed by atoms with E-state index in [2.05, 4.69) is 0 Å². The number of carbonyl (C=O) groups is 2. The molecule has 4 heteroatoms. The molecule has 4 nitrogen and oxygen atoms in total. The molecule has 0 aliphatic rings. The van der Waals surface area contributed by atoms with Crippen molar-refractivity contribution in [3.63, 3.8) is 0 Å². The largest absolute Gasteiger partial charge is 0.465 e. The average Bonchev–Trinajstić information content (AvgIpc) is 2.38. The molecule has 2 rings (SSSR count). The van der Waals surface area contributed by atoms with Gasteiger partial charge in [-0.25, -0.2) is 4.79 Å². The molecular weight excluding hydrogens is 230 g/mol. The molecule has 1 unspecified atom stereocenters. The van der Waals surface area contributed by atoms with Gasteiger partial charge in [0.05, 0.1) is 11.7 Å². The summed E-state index contributed by atoms with van der Waals surface area (Å²) in [6.07, 6.45) is -0.512. The van der Waals surface area contributed by atoms with E-state index in [0.717, 1.165) is 15.7 Å². The van der Waals surface area contributed by atoms with E-state index in [1.165, 1.54) is 0 Å². The van der Waals surface area contributed by atoms with E-state index in [0.29, 0.717) is 12.0 Å². The highest BCUT2D eigenvalue weighted by Crippen LogP contribution is 2.27. The van der Waals surface area contributed by atoms with Crippen molar-refractivity contribution < 1.29 is 14.7 Å². The molecule has 0 radical (unpaired) electrons. The van der Waals surface area contributed by atoms with Gasteiger partial charge < -0.3 is 9.90 Å². The maximum Gasteiger partial charge on any atom is 0.412 e. The van der Waals surface area contributed by atoms with Crippen LogP contribution in [0.5, 0.6) is 0 Å². The normalized spacial score (nSPS) is 12.1. The summed E-state index contributed by atoms with van der Waals surface area (Å²) in [6.45, 7) is 1.56. The number of benzene rings is 2. The van der Waals surface area contributed by atoms with Crippen LogP contribution in [-0.2, 0) is 4.79 Å². The Morgan fingerprint density at radius 1 is 1.22 bits per heavy atom. The Morgan fingerprint density at radius 2 is 1.89 bits per heavy atom. The minimum atomic E-state index is -1.13. The van der Waals surface area contributed by atoms with E-state index in [-0.39, 0.29) is 0 Å². The van der Waals surface area contributed by atoms with Gasteiger partial charge in [0.25, 0.3) is 0 Å². The van der Waals surface area contributed by atoms with Crippen molar-refractivity contribution in [2.24, 2.45) is 0 Å². The van der Waals surface area contributed by atoms with Crippen LogP contribution in [0.2, 0.25) is 0 Å². The highest BCUT2D eigenvalue weighted by atomic mass is 16.4. The van der Waals surface area contributed by atoms with Gasteiger partial charge in [-0.15, -0.1) is 0 Å². The number of nitrogens with zero attached hydrogens (tertiary/aromatic N) is 1. The molecule has 0 bridgehead atoms. The molecule has 0 aliphatic heterocycles. The SMILES string of the molecule is CC(C=O)N(C(=O)O)c1cccc2ccccc12. The van der Waals surface area contributed by atoms with Gasteiger partial charge in [0, 0.05) is 5.39 Å². The molecule has 0 saturated heterocycles. The summed E-state index contributed by atoms with van der Waals surface area (Å²) in [5.41, 5.74) is 0.528. The topological polar surface area (TPSA) is 57.6 Å². The summed E-state index contributed by atoms with van der Waals surface area (Å²) in [5, 5.41) is 11.0. The molecule has 0 fully saturated rings. The fourth-order valence-corrected chi connectivity index (χ4v) is 1.98. The maximum atomic E-state index is 11.3. The Balaban J connectivity index is 2.64. The monoisotopic (exact) mass is 243 g/mol. The van der Waals surface area contributed by atoms with Gasteiger partial charge in [-0.05, 0) is 18.4 Å². The van der Waals surface area contributed by atoms with Crippen LogP contribution >= 0.6 is 0 Å². The molecule has 0 spiro atoms. The van der Waals surface area contributed by atoms with E-state index in [9.17, 15) is 14.7 Å². The Bertz CT molecular complexity index is 589. The molecule has 1 amide bonds. The fourth-order valence-electron chi connectivity index (χ4n) is 1.98. The van der Waals surface area contributed by atoms with Crippen molar-refractivity contribution in [1.29, 1.82) is 0 Å².